The molecule has 3 aromatic rings. The molecule has 4 rings (SSSR count). The lowest BCUT2D eigenvalue weighted by Gasteiger charge is -2.28. The summed E-state index contributed by atoms with van der Waals surface area (Å²) < 4.78 is 13.4. The highest BCUT2D eigenvalue weighted by Crippen LogP contribution is 2.39. The van der Waals surface area contributed by atoms with Crippen LogP contribution in [-0.4, -0.2) is 39.3 Å². The number of allylic oxidation sites excluding steroid dienone is 1. The van der Waals surface area contributed by atoms with Gasteiger partial charge in [-0.1, -0.05) is 42.7 Å². The zero-order valence-electron chi connectivity index (χ0n) is 20.0. The first-order chi connectivity index (χ1) is 16.5. The van der Waals surface area contributed by atoms with E-state index in [2.05, 4.69) is 33.1 Å². The van der Waals surface area contributed by atoms with Gasteiger partial charge in [0.05, 0.1) is 18.8 Å². The number of rotatable bonds is 9. The summed E-state index contributed by atoms with van der Waals surface area (Å²) in [5.41, 5.74) is 3.74. The Labute approximate surface area is 199 Å². The summed E-state index contributed by atoms with van der Waals surface area (Å²) in [5, 5.41) is 18.3. The molecule has 0 saturated carbocycles. The Morgan fingerprint density at radius 1 is 1.12 bits per heavy atom. The van der Waals surface area contributed by atoms with E-state index >= 15 is 0 Å². The van der Waals surface area contributed by atoms with Crippen LogP contribution in [0.3, 0.4) is 0 Å². The molecular formula is C25H30N6O3. The third kappa shape index (κ3) is 4.73. The highest BCUT2D eigenvalue weighted by atomic mass is 16.5. The lowest BCUT2D eigenvalue weighted by molar-refractivity contribution is -0.113. The highest BCUT2D eigenvalue weighted by molar-refractivity contribution is 6.06. The fraction of sp³-hybridized carbons (Fsp3) is 0.360. The third-order valence-electron chi connectivity index (χ3n) is 5.69. The van der Waals surface area contributed by atoms with Crippen LogP contribution >= 0.6 is 0 Å². The summed E-state index contributed by atoms with van der Waals surface area (Å²) >= 11 is 0. The third-order valence-corrected chi connectivity index (χ3v) is 5.69. The number of hydrogen-bond acceptors (Lipinski definition) is 7. The molecule has 1 aromatic heterocycles. The van der Waals surface area contributed by atoms with Crippen molar-refractivity contribution in [2.24, 2.45) is 0 Å². The molecule has 2 N–H and O–H groups in total. The van der Waals surface area contributed by atoms with Gasteiger partial charge in [0.2, 0.25) is 5.95 Å². The quantitative estimate of drug-likeness (QED) is 0.452. The van der Waals surface area contributed by atoms with Gasteiger partial charge in [-0.3, -0.25) is 4.79 Å². The van der Waals surface area contributed by atoms with Crippen molar-refractivity contribution in [3.05, 3.63) is 64.9 Å². The van der Waals surface area contributed by atoms with Crippen LogP contribution in [0.4, 0.5) is 11.6 Å². The number of carbonyl (C=O) groups excluding carboxylic acids is 1. The van der Waals surface area contributed by atoms with E-state index < -0.39 is 6.04 Å². The second-order valence-corrected chi connectivity index (χ2v) is 8.12. The Bertz CT molecular complexity index is 1200. The fourth-order valence-corrected chi connectivity index (χ4v) is 3.93. The standard InChI is InChI=1S/C25H30N6O3/c1-5-7-14-34-20-13-12-18(15-21(20)33-6-2)23-22(17(4)26-25-28-29-30-31(23)25)24(32)27-19-11-9-8-10-16(19)3/h8-13,15,23H,5-7,14H2,1-4H3,(H,27,32)(H,26,28,30). The molecule has 1 amide bonds. The summed E-state index contributed by atoms with van der Waals surface area (Å²) in [4.78, 5) is 13.6. The van der Waals surface area contributed by atoms with Gasteiger partial charge in [0.15, 0.2) is 11.5 Å². The van der Waals surface area contributed by atoms with Crippen LogP contribution in [0.15, 0.2) is 53.7 Å². The lowest BCUT2D eigenvalue weighted by Crippen LogP contribution is -2.31. The number of carbonyl (C=O) groups is 1. The Morgan fingerprint density at radius 3 is 2.71 bits per heavy atom. The number of nitrogens with one attached hydrogen (secondary N) is 2. The average Bonchev–Trinajstić information content (AvgIpc) is 3.29. The van der Waals surface area contributed by atoms with E-state index in [0.717, 1.165) is 29.7 Å². The molecule has 9 nitrogen and oxygen atoms in total. The number of hydrogen-bond donors (Lipinski definition) is 2. The van der Waals surface area contributed by atoms with Crippen molar-refractivity contribution >= 4 is 17.5 Å². The summed E-state index contributed by atoms with van der Waals surface area (Å²) in [6, 6.07) is 12.8. The van der Waals surface area contributed by atoms with Crippen molar-refractivity contribution in [3.8, 4) is 11.5 Å². The van der Waals surface area contributed by atoms with E-state index in [0.29, 0.717) is 41.9 Å². The Morgan fingerprint density at radius 2 is 1.94 bits per heavy atom. The average molecular weight is 463 g/mol. The van der Waals surface area contributed by atoms with Crippen LogP contribution in [0.25, 0.3) is 0 Å². The molecule has 1 aliphatic rings. The summed E-state index contributed by atoms with van der Waals surface area (Å²) in [6.45, 7) is 8.96. The zero-order valence-corrected chi connectivity index (χ0v) is 20.0. The molecule has 1 unspecified atom stereocenters. The molecule has 0 fully saturated rings. The minimum Gasteiger partial charge on any atom is -0.490 e. The number of nitrogens with zero attached hydrogens (tertiary/aromatic N) is 4. The van der Waals surface area contributed by atoms with E-state index in [-0.39, 0.29) is 5.91 Å². The van der Waals surface area contributed by atoms with Crippen LogP contribution in [0, 0.1) is 6.92 Å². The Kier molecular flexibility index (Phi) is 7.10. The molecule has 0 saturated heterocycles. The van der Waals surface area contributed by atoms with Crippen molar-refractivity contribution < 1.29 is 14.3 Å². The van der Waals surface area contributed by atoms with Crippen LogP contribution in [-0.2, 0) is 4.79 Å². The highest BCUT2D eigenvalue weighted by Gasteiger charge is 2.34. The maximum Gasteiger partial charge on any atom is 0.255 e. The van der Waals surface area contributed by atoms with Gasteiger partial charge < -0.3 is 20.1 Å². The molecule has 9 heteroatoms. The topological polar surface area (TPSA) is 103 Å². The molecule has 0 bridgehead atoms. The van der Waals surface area contributed by atoms with Gasteiger partial charge in [-0.15, -0.1) is 0 Å². The van der Waals surface area contributed by atoms with Gasteiger partial charge in [0, 0.05) is 11.4 Å². The van der Waals surface area contributed by atoms with E-state index in [1.807, 2.05) is 63.2 Å². The second kappa shape index (κ2) is 10.4. The molecule has 0 radical (unpaired) electrons. The van der Waals surface area contributed by atoms with Crippen molar-refractivity contribution in [3.63, 3.8) is 0 Å². The van der Waals surface area contributed by atoms with Crippen molar-refractivity contribution in [1.82, 2.24) is 20.2 Å². The first-order valence-corrected chi connectivity index (χ1v) is 11.6. The van der Waals surface area contributed by atoms with Gasteiger partial charge >= 0.3 is 0 Å². The molecule has 1 aliphatic heterocycles. The normalized spacial score (nSPS) is 14.9. The van der Waals surface area contributed by atoms with Crippen LogP contribution in [0.1, 0.15) is 50.8 Å². The maximum atomic E-state index is 13.6. The molecular weight excluding hydrogens is 432 g/mol. The van der Waals surface area contributed by atoms with Crippen molar-refractivity contribution in [1.29, 1.82) is 0 Å². The van der Waals surface area contributed by atoms with Crippen molar-refractivity contribution in [2.75, 3.05) is 23.8 Å². The van der Waals surface area contributed by atoms with Gasteiger partial charge in [-0.25, -0.2) is 0 Å². The minimum absolute atomic E-state index is 0.230. The molecule has 34 heavy (non-hydrogen) atoms. The van der Waals surface area contributed by atoms with Crippen molar-refractivity contribution in [2.45, 2.75) is 46.6 Å². The number of aromatic nitrogens is 4. The van der Waals surface area contributed by atoms with Gasteiger partial charge in [0.25, 0.3) is 5.91 Å². The van der Waals surface area contributed by atoms with Crippen LogP contribution in [0.5, 0.6) is 11.5 Å². The number of amides is 1. The molecule has 2 aromatic carbocycles. The number of benzene rings is 2. The number of ether oxygens (including phenoxy) is 2. The summed E-state index contributed by atoms with van der Waals surface area (Å²) in [7, 11) is 0. The largest absolute Gasteiger partial charge is 0.490 e. The fourth-order valence-electron chi connectivity index (χ4n) is 3.93. The molecule has 0 spiro atoms. The SMILES string of the molecule is CCCCOc1ccc(C2C(C(=O)Nc3ccccc3C)=C(C)Nc3nnnn32)cc1OCC. The number of fused-ring (bicyclic) bond motifs is 1. The first kappa shape index (κ1) is 23.3. The number of anilines is 2. The number of aryl methyl sites for hydroxylation is 1. The molecule has 178 valence electrons. The zero-order chi connectivity index (χ0) is 24.1. The van der Waals surface area contributed by atoms with E-state index in [4.69, 9.17) is 9.47 Å². The van der Waals surface area contributed by atoms with Gasteiger partial charge in [-0.2, -0.15) is 4.68 Å². The summed E-state index contributed by atoms with van der Waals surface area (Å²) in [6.07, 6.45) is 2.00. The van der Waals surface area contributed by atoms with Crippen LogP contribution in [0.2, 0.25) is 0 Å². The molecule has 1 atom stereocenters. The minimum atomic E-state index is -0.542. The lowest BCUT2D eigenvalue weighted by atomic mass is 9.94. The van der Waals surface area contributed by atoms with Gasteiger partial charge in [0.1, 0.15) is 6.04 Å². The number of unbranched alkanes of at least 4 members (excludes halogenated alkanes) is 1. The maximum absolute atomic E-state index is 13.6. The Balaban J connectivity index is 1.73. The Hall–Kier alpha value is -3.88. The smallest absolute Gasteiger partial charge is 0.255 e. The second-order valence-electron chi connectivity index (χ2n) is 8.12. The number of tetrazole rings is 1. The van der Waals surface area contributed by atoms with E-state index in [1.165, 1.54) is 0 Å². The van der Waals surface area contributed by atoms with Crippen LogP contribution < -0.4 is 20.1 Å². The van der Waals surface area contributed by atoms with Gasteiger partial charge in [-0.05, 0) is 66.9 Å². The predicted molar refractivity (Wildman–Crippen MR) is 130 cm³/mol. The first-order valence-electron chi connectivity index (χ1n) is 11.6. The van der Waals surface area contributed by atoms with E-state index in [9.17, 15) is 4.79 Å². The summed E-state index contributed by atoms with van der Waals surface area (Å²) in [5.74, 6) is 1.54. The molecule has 0 aliphatic carbocycles. The monoisotopic (exact) mass is 462 g/mol. The van der Waals surface area contributed by atoms with E-state index in [1.54, 1.807) is 4.68 Å². The predicted octanol–water partition coefficient (Wildman–Crippen LogP) is 4.49. The number of para-hydroxylation sites is 1. The molecule has 2 heterocycles.